The van der Waals surface area contributed by atoms with Crippen LogP contribution in [0.4, 0.5) is 4.79 Å². The Labute approximate surface area is 154 Å². The molecule has 7 heteroatoms. The van der Waals surface area contributed by atoms with E-state index in [9.17, 15) is 4.79 Å². The predicted molar refractivity (Wildman–Crippen MR) is 97.1 cm³/mol. The van der Waals surface area contributed by atoms with E-state index in [1.165, 1.54) is 0 Å². The monoisotopic (exact) mass is 411 g/mol. The minimum atomic E-state index is -0.499. The highest BCUT2D eigenvalue weighted by Gasteiger charge is 2.28. The molecule has 24 heavy (non-hydrogen) atoms. The number of H-pyrrole nitrogens is 1. The summed E-state index contributed by atoms with van der Waals surface area (Å²) in [6.07, 6.45) is 0.394. The van der Waals surface area contributed by atoms with Crippen molar-refractivity contribution in [3.63, 3.8) is 0 Å². The number of amides is 1. The van der Waals surface area contributed by atoms with E-state index >= 15 is 0 Å². The van der Waals surface area contributed by atoms with Crippen molar-refractivity contribution in [2.75, 3.05) is 6.54 Å². The van der Waals surface area contributed by atoms with Crippen LogP contribution in [0, 0.1) is 0 Å². The van der Waals surface area contributed by atoms with E-state index < -0.39 is 5.60 Å². The molecule has 0 saturated carbocycles. The van der Waals surface area contributed by atoms with Gasteiger partial charge in [-0.1, -0.05) is 27.5 Å². The van der Waals surface area contributed by atoms with Crippen molar-refractivity contribution in [2.45, 2.75) is 39.3 Å². The van der Waals surface area contributed by atoms with Crippen LogP contribution in [0.15, 0.2) is 22.7 Å². The number of hydrogen-bond acceptors (Lipinski definition) is 3. The molecule has 128 valence electrons. The summed E-state index contributed by atoms with van der Waals surface area (Å²) in [6.45, 7) is 6.66. The van der Waals surface area contributed by atoms with Crippen molar-refractivity contribution in [3.05, 3.63) is 39.1 Å². The van der Waals surface area contributed by atoms with Gasteiger partial charge in [-0.3, -0.25) is 0 Å². The smallest absolute Gasteiger partial charge is 0.410 e. The Morgan fingerprint density at radius 1 is 1.42 bits per heavy atom. The number of rotatable bonds is 1. The number of carbonyl (C=O) groups is 1. The number of hydrogen-bond donors (Lipinski definition) is 1. The number of nitrogens with one attached hydrogen (secondary N) is 1. The standard InChI is InChI=1S/C17H19BrClN3O2/c1-17(2,3)24-16(23)22-7-6-13-14(9-22)21-15(20-13)11-5-4-10(18)8-12(11)19/h4-5,8H,6-7,9H2,1-3H3,(H,20,21). The van der Waals surface area contributed by atoms with Gasteiger partial charge in [0.15, 0.2) is 0 Å². The fourth-order valence-electron chi connectivity index (χ4n) is 2.59. The van der Waals surface area contributed by atoms with Gasteiger partial charge in [-0.25, -0.2) is 9.78 Å². The lowest BCUT2D eigenvalue weighted by molar-refractivity contribution is 0.0221. The van der Waals surface area contributed by atoms with Crippen LogP contribution in [0.2, 0.25) is 5.02 Å². The molecule has 1 aromatic carbocycles. The summed E-state index contributed by atoms with van der Waals surface area (Å²) >= 11 is 9.71. The summed E-state index contributed by atoms with van der Waals surface area (Å²) in [6, 6.07) is 5.68. The zero-order valence-corrected chi connectivity index (χ0v) is 16.2. The van der Waals surface area contributed by atoms with E-state index in [0.29, 0.717) is 24.5 Å². The first kappa shape index (κ1) is 17.3. The maximum absolute atomic E-state index is 12.2. The van der Waals surface area contributed by atoms with E-state index in [0.717, 1.165) is 27.2 Å². The van der Waals surface area contributed by atoms with Crippen molar-refractivity contribution in [1.29, 1.82) is 0 Å². The van der Waals surface area contributed by atoms with Crippen LogP contribution in [-0.2, 0) is 17.7 Å². The van der Waals surface area contributed by atoms with Crippen LogP contribution in [0.1, 0.15) is 32.2 Å². The Bertz CT molecular complexity index is 783. The lowest BCUT2D eigenvalue weighted by atomic mass is 10.1. The molecule has 1 aliphatic heterocycles. The number of aromatic nitrogens is 2. The van der Waals surface area contributed by atoms with Gasteiger partial charge in [0.2, 0.25) is 0 Å². The average Bonchev–Trinajstić information content (AvgIpc) is 2.87. The third-order valence-corrected chi connectivity index (χ3v) is 4.48. The molecule has 0 atom stereocenters. The number of aromatic amines is 1. The fourth-order valence-corrected chi connectivity index (χ4v) is 3.35. The summed E-state index contributed by atoms with van der Waals surface area (Å²) in [5.41, 5.74) is 2.25. The summed E-state index contributed by atoms with van der Waals surface area (Å²) in [4.78, 5) is 21.9. The Hall–Kier alpha value is -1.53. The first-order valence-corrected chi connectivity index (χ1v) is 8.91. The second-order valence-electron chi connectivity index (χ2n) is 6.79. The van der Waals surface area contributed by atoms with Crippen LogP contribution in [-0.4, -0.2) is 33.1 Å². The van der Waals surface area contributed by atoms with Gasteiger partial charge < -0.3 is 14.6 Å². The molecule has 1 amide bonds. The van der Waals surface area contributed by atoms with E-state index in [4.69, 9.17) is 16.3 Å². The van der Waals surface area contributed by atoms with Crippen molar-refractivity contribution >= 4 is 33.6 Å². The molecule has 2 aromatic rings. The van der Waals surface area contributed by atoms with Crippen LogP contribution in [0.5, 0.6) is 0 Å². The van der Waals surface area contributed by atoms with E-state index in [-0.39, 0.29) is 6.09 Å². The molecule has 0 fully saturated rings. The Morgan fingerprint density at radius 2 is 2.17 bits per heavy atom. The Kier molecular flexibility index (Phi) is 4.62. The van der Waals surface area contributed by atoms with Gasteiger partial charge in [-0.05, 0) is 39.0 Å². The Morgan fingerprint density at radius 3 is 2.83 bits per heavy atom. The number of nitrogens with zero attached hydrogens (tertiary/aromatic N) is 2. The highest BCUT2D eigenvalue weighted by Crippen LogP contribution is 2.30. The first-order chi connectivity index (χ1) is 11.2. The molecule has 3 rings (SSSR count). The lowest BCUT2D eigenvalue weighted by Crippen LogP contribution is -2.39. The van der Waals surface area contributed by atoms with Gasteiger partial charge in [0.1, 0.15) is 11.4 Å². The molecule has 1 aliphatic rings. The number of fused-ring (bicyclic) bond motifs is 1. The number of imidazole rings is 1. The average molecular weight is 413 g/mol. The molecule has 0 radical (unpaired) electrons. The molecular weight excluding hydrogens is 394 g/mol. The molecule has 2 heterocycles. The van der Waals surface area contributed by atoms with Crippen LogP contribution >= 0.6 is 27.5 Å². The topological polar surface area (TPSA) is 58.2 Å². The van der Waals surface area contributed by atoms with Crippen molar-refractivity contribution in [3.8, 4) is 11.4 Å². The van der Waals surface area contributed by atoms with Gasteiger partial charge in [-0.2, -0.15) is 0 Å². The molecule has 1 aromatic heterocycles. The maximum Gasteiger partial charge on any atom is 0.410 e. The first-order valence-electron chi connectivity index (χ1n) is 7.74. The normalized spacial score (nSPS) is 14.5. The minimum Gasteiger partial charge on any atom is -0.444 e. The second kappa shape index (κ2) is 6.41. The predicted octanol–water partition coefficient (Wildman–Crippen LogP) is 4.79. The van der Waals surface area contributed by atoms with Gasteiger partial charge in [-0.15, -0.1) is 0 Å². The molecule has 0 saturated heterocycles. The zero-order valence-electron chi connectivity index (χ0n) is 13.8. The maximum atomic E-state index is 12.2. The summed E-state index contributed by atoms with van der Waals surface area (Å²) in [5.74, 6) is 0.725. The molecule has 5 nitrogen and oxygen atoms in total. The number of benzene rings is 1. The fraction of sp³-hybridized carbons (Fsp3) is 0.412. The molecule has 0 bridgehead atoms. The summed E-state index contributed by atoms with van der Waals surface area (Å²) in [7, 11) is 0. The van der Waals surface area contributed by atoms with Crippen LogP contribution < -0.4 is 0 Å². The highest BCUT2D eigenvalue weighted by molar-refractivity contribution is 9.10. The van der Waals surface area contributed by atoms with Gasteiger partial charge >= 0.3 is 6.09 Å². The second-order valence-corrected chi connectivity index (χ2v) is 8.11. The van der Waals surface area contributed by atoms with E-state index in [2.05, 4.69) is 25.9 Å². The van der Waals surface area contributed by atoms with Gasteiger partial charge in [0.05, 0.1) is 23.0 Å². The number of carbonyl (C=O) groups excluding carboxylic acids is 1. The summed E-state index contributed by atoms with van der Waals surface area (Å²) < 4.78 is 6.36. The van der Waals surface area contributed by atoms with Gasteiger partial charge in [0.25, 0.3) is 0 Å². The van der Waals surface area contributed by atoms with E-state index in [1.54, 1.807) is 4.90 Å². The quantitative estimate of drug-likeness (QED) is 0.733. The van der Waals surface area contributed by atoms with Crippen LogP contribution in [0.3, 0.4) is 0 Å². The lowest BCUT2D eigenvalue weighted by Gasteiger charge is -2.29. The SMILES string of the molecule is CC(C)(C)OC(=O)N1CCc2nc(-c3ccc(Br)cc3Cl)[nH]c2C1. The van der Waals surface area contributed by atoms with E-state index in [1.807, 2.05) is 39.0 Å². The van der Waals surface area contributed by atoms with Crippen LogP contribution in [0.25, 0.3) is 11.4 Å². The minimum absolute atomic E-state index is 0.300. The number of halogens is 2. The molecular formula is C17H19BrClN3O2. The molecule has 1 N–H and O–H groups in total. The zero-order chi connectivity index (χ0) is 17.5. The molecule has 0 unspecified atom stereocenters. The van der Waals surface area contributed by atoms with Crippen molar-refractivity contribution in [1.82, 2.24) is 14.9 Å². The summed E-state index contributed by atoms with van der Waals surface area (Å²) in [5, 5.41) is 0.625. The van der Waals surface area contributed by atoms with Gasteiger partial charge in [0, 0.05) is 23.0 Å². The van der Waals surface area contributed by atoms with Crippen molar-refractivity contribution < 1.29 is 9.53 Å². The molecule has 0 aliphatic carbocycles. The molecule has 0 spiro atoms. The largest absolute Gasteiger partial charge is 0.444 e. The number of ether oxygens (including phenoxy) is 1. The third-order valence-electron chi connectivity index (χ3n) is 3.67. The van der Waals surface area contributed by atoms with Crippen molar-refractivity contribution in [2.24, 2.45) is 0 Å². The Balaban J connectivity index is 1.81. The third kappa shape index (κ3) is 3.75. The highest BCUT2D eigenvalue weighted by atomic mass is 79.9.